The van der Waals surface area contributed by atoms with Crippen LogP contribution in [0.25, 0.3) is 22.5 Å². The molecule has 1 unspecified atom stereocenters. The number of carbonyl (C=O) groups excluding carboxylic acids is 2. The number of Topliss-reactive ketones (excluding diaryl/α,β-unsaturated/α-hetero) is 2. The van der Waals surface area contributed by atoms with Crippen LogP contribution in [0.5, 0.6) is 0 Å². The van der Waals surface area contributed by atoms with Crippen molar-refractivity contribution in [3.63, 3.8) is 0 Å². The molecule has 8 nitrogen and oxygen atoms in total. The second-order valence-electron chi connectivity index (χ2n) is 13.2. The van der Waals surface area contributed by atoms with Crippen molar-refractivity contribution in [1.82, 2.24) is 19.1 Å². The highest BCUT2D eigenvalue weighted by Crippen LogP contribution is 2.44. The fourth-order valence-corrected chi connectivity index (χ4v) is 7.69. The Morgan fingerprint density at radius 1 is 0.745 bits per heavy atom. The number of rotatable bonds is 7. The Bertz CT molecular complexity index is 2190. The Balaban J connectivity index is 0.000000159. The number of halogens is 1. The van der Waals surface area contributed by atoms with Crippen molar-refractivity contribution in [2.45, 2.75) is 52.5 Å². The van der Waals surface area contributed by atoms with Crippen molar-refractivity contribution >= 4 is 45.9 Å². The van der Waals surface area contributed by atoms with E-state index in [9.17, 15) is 9.59 Å². The van der Waals surface area contributed by atoms with Crippen LogP contribution in [-0.4, -0.2) is 30.7 Å². The molecule has 0 saturated carbocycles. The second kappa shape index (κ2) is 14.8. The summed E-state index contributed by atoms with van der Waals surface area (Å²) in [5, 5.41) is 7.58. The number of aromatic nitrogens is 4. The van der Waals surface area contributed by atoms with Gasteiger partial charge in [-0.1, -0.05) is 54.9 Å². The van der Waals surface area contributed by atoms with Crippen LogP contribution in [-0.2, 0) is 26.4 Å². The molecular formula is C42H41ClN6O2. The van der Waals surface area contributed by atoms with Gasteiger partial charge < -0.3 is 19.8 Å². The second-order valence-corrected chi connectivity index (χ2v) is 13.6. The zero-order valence-electron chi connectivity index (χ0n) is 29.1. The lowest BCUT2D eigenvalue weighted by molar-refractivity contribution is 0.0950. The number of anilines is 4. The van der Waals surface area contributed by atoms with Gasteiger partial charge in [-0.25, -0.2) is 0 Å². The average molecular weight is 697 g/mol. The van der Waals surface area contributed by atoms with Crippen molar-refractivity contribution in [1.29, 1.82) is 0 Å². The first-order chi connectivity index (χ1) is 24.9. The molecular weight excluding hydrogens is 656 g/mol. The van der Waals surface area contributed by atoms with E-state index in [0.29, 0.717) is 23.8 Å². The molecule has 0 bridgehead atoms. The molecule has 2 aliphatic carbocycles. The van der Waals surface area contributed by atoms with E-state index in [2.05, 4.69) is 50.6 Å². The van der Waals surface area contributed by atoms with Crippen LogP contribution in [0.4, 0.5) is 22.7 Å². The number of hydrogen-bond acceptors (Lipinski definition) is 6. The first-order valence-corrected chi connectivity index (χ1v) is 17.9. The number of carbonyl (C=O) groups is 2. The molecule has 8 rings (SSSR count). The predicted octanol–water partition coefficient (Wildman–Crippen LogP) is 10.1. The zero-order chi connectivity index (χ0) is 35.5. The highest BCUT2D eigenvalue weighted by atomic mass is 35.5. The quantitative estimate of drug-likeness (QED) is 0.173. The van der Waals surface area contributed by atoms with Crippen molar-refractivity contribution < 1.29 is 9.59 Å². The maximum Gasteiger partial charge on any atom is 0.167 e. The SMILES string of the molecule is CC1CC(=O)c2c(Nc3ccccc3)c(-c3ccncc3)n(C)c2C1.CCn1c2c(c(Nc3ccccc3)c1-c1ccncc1Cl)C(=O)CCC2. The molecule has 1 atom stereocenters. The number of fused-ring (bicyclic) bond motifs is 2. The number of nitrogens with one attached hydrogen (secondary N) is 2. The normalized spacial score (nSPS) is 15.0. The van der Waals surface area contributed by atoms with Crippen molar-refractivity contribution in [3.8, 4) is 22.5 Å². The molecule has 9 heteroatoms. The third kappa shape index (κ3) is 6.71. The smallest absolute Gasteiger partial charge is 0.167 e. The summed E-state index contributed by atoms with van der Waals surface area (Å²) in [7, 11) is 2.05. The first kappa shape index (κ1) is 34.0. The van der Waals surface area contributed by atoms with Gasteiger partial charge in [0.15, 0.2) is 11.6 Å². The first-order valence-electron chi connectivity index (χ1n) is 17.5. The molecule has 4 heterocycles. The molecule has 2 aromatic carbocycles. The number of benzene rings is 2. The van der Waals surface area contributed by atoms with Gasteiger partial charge in [0, 0.05) is 85.1 Å². The lowest BCUT2D eigenvalue weighted by Gasteiger charge is -2.19. The van der Waals surface area contributed by atoms with Gasteiger partial charge in [-0.2, -0.15) is 0 Å². The molecule has 6 aromatic rings. The Hall–Kier alpha value is -5.47. The van der Waals surface area contributed by atoms with E-state index in [1.165, 1.54) is 0 Å². The van der Waals surface area contributed by atoms with Gasteiger partial charge in [0.05, 0.1) is 38.9 Å². The Labute approximate surface area is 303 Å². The molecule has 0 spiro atoms. The van der Waals surface area contributed by atoms with E-state index in [0.717, 1.165) is 93.6 Å². The summed E-state index contributed by atoms with van der Waals surface area (Å²) in [5.41, 5.74) is 11.5. The van der Waals surface area contributed by atoms with Gasteiger partial charge >= 0.3 is 0 Å². The largest absolute Gasteiger partial charge is 0.353 e. The zero-order valence-corrected chi connectivity index (χ0v) is 29.9. The minimum Gasteiger partial charge on any atom is -0.353 e. The minimum atomic E-state index is 0.198. The summed E-state index contributed by atoms with van der Waals surface area (Å²) in [4.78, 5) is 33.9. The number of ketones is 2. The summed E-state index contributed by atoms with van der Waals surface area (Å²) in [6.07, 6.45) is 10.9. The maximum atomic E-state index is 12.8. The third-order valence-electron chi connectivity index (χ3n) is 9.72. The van der Waals surface area contributed by atoms with Gasteiger partial charge in [-0.05, 0) is 74.6 Å². The monoisotopic (exact) mass is 696 g/mol. The summed E-state index contributed by atoms with van der Waals surface area (Å²) < 4.78 is 4.39. The van der Waals surface area contributed by atoms with Crippen molar-refractivity contribution in [2.75, 3.05) is 10.6 Å². The van der Waals surface area contributed by atoms with E-state index < -0.39 is 0 Å². The Kier molecular flexibility index (Phi) is 9.86. The topological polar surface area (TPSA) is 93.8 Å². The van der Waals surface area contributed by atoms with Crippen molar-refractivity contribution in [3.05, 3.63) is 131 Å². The maximum absolute atomic E-state index is 12.8. The third-order valence-corrected chi connectivity index (χ3v) is 10.0. The standard InChI is InChI=1S/C21H20ClN3O.C21H21N3O/c1-2-25-17-9-6-10-18(26)19(17)20(24-14-7-4-3-5-8-14)21(25)15-11-12-23-13-16(15)22;1-14-12-17-19(18(25)13-14)20(23-16-6-4-3-5-7-16)21(24(17)2)15-8-10-22-11-9-15/h3-5,7-8,11-13,24H,2,6,9-10H2,1H3;3-11,14,23H,12-13H2,1-2H3. The molecule has 2 aliphatic rings. The van der Waals surface area contributed by atoms with Crippen molar-refractivity contribution in [2.24, 2.45) is 13.0 Å². The summed E-state index contributed by atoms with van der Waals surface area (Å²) in [6, 6.07) is 25.8. The van der Waals surface area contributed by atoms with Crippen LogP contribution >= 0.6 is 11.6 Å². The number of nitrogens with zero attached hydrogens (tertiary/aromatic N) is 4. The Morgan fingerprint density at radius 2 is 1.35 bits per heavy atom. The van der Waals surface area contributed by atoms with Crippen LogP contribution < -0.4 is 10.6 Å². The van der Waals surface area contributed by atoms with E-state index in [-0.39, 0.29) is 11.6 Å². The number of hydrogen-bond donors (Lipinski definition) is 2. The van der Waals surface area contributed by atoms with Crippen LogP contribution in [0, 0.1) is 5.92 Å². The lowest BCUT2D eigenvalue weighted by Crippen LogP contribution is -2.19. The summed E-state index contributed by atoms with van der Waals surface area (Å²) in [5.74, 6) is 0.801. The van der Waals surface area contributed by atoms with E-state index in [4.69, 9.17) is 11.6 Å². The summed E-state index contributed by atoms with van der Waals surface area (Å²) in [6.45, 7) is 5.02. The highest BCUT2D eigenvalue weighted by molar-refractivity contribution is 6.33. The van der Waals surface area contributed by atoms with E-state index in [1.807, 2.05) is 78.9 Å². The van der Waals surface area contributed by atoms with Crippen LogP contribution in [0.1, 0.15) is 65.2 Å². The van der Waals surface area contributed by atoms with Gasteiger partial charge in [0.1, 0.15) is 0 Å². The number of para-hydroxylation sites is 2. The molecule has 258 valence electrons. The fourth-order valence-electron chi connectivity index (χ4n) is 7.48. The van der Waals surface area contributed by atoms with Gasteiger partial charge in [0.2, 0.25) is 0 Å². The predicted molar refractivity (Wildman–Crippen MR) is 206 cm³/mol. The van der Waals surface area contributed by atoms with E-state index >= 15 is 0 Å². The van der Waals surface area contributed by atoms with E-state index in [1.54, 1.807) is 24.8 Å². The molecule has 51 heavy (non-hydrogen) atoms. The molecule has 2 N–H and O–H groups in total. The van der Waals surface area contributed by atoms with Crippen LogP contribution in [0.3, 0.4) is 0 Å². The van der Waals surface area contributed by atoms with Crippen LogP contribution in [0.2, 0.25) is 5.02 Å². The molecule has 0 radical (unpaired) electrons. The molecule has 0 fully saturated rings. The highest BCUT2D eigenvalue weighted by Gasteiger charge is 2.33. The summed E-state index contributed by atoms with van der Waals surface area (Å²) >= 11 is 6.47. The molecule has 4 aromatic heterocycles. The Morgan fingerprint density at radius 3 is 1.98 bits per heavy atom. The average Bonchev–Trinajstić information content (AvgIpc) is 3.61. The van der Waals surface area contributed by atoms with Crippen LogP contribution in [0.15, 0.2) is 104 Å². The van der Waals surface area contributed by atoms with Gasteiger partial charge in [-0.3, -0.25) is 19.6 Å². The van der Waals surface area contributed by atoms with Gasteiger partial charge in [-0.15, -0.1) is 0 Å². The minimum absolute atomic E-state index is 0.198. The molecule has 0 aliphatic heterocycles. The molecule has 0 saturated heterocycles. The number of pyridine rings is 2. The lowest BCUT2D eigenvalue weighted by atomic mass is 9.87. The van der Waals surface area contributed by atoms with Gasteiger partial charge in [0.25, 0.3) is 0 Å². The fraction of sp³-hybridized carbons (Fsp3) is 0.238. The molecule has 0 amide bonds.